The van der Waals surface area contributed by atoms with Crippen LogP contribution >= 0.6 is 0 Å². The van der Waals surface area contributed by atoms with Crippen LogP contribution in [0.2, 0.25) is 0 Å². The highest BCUT2D eigenvalue weighted by Gasteiger charge is 2.11. The standard InChI is InChI=1S/C17H20N2O/c1-9(2)11-5-6-12-13-8-14(10(3)4)18-16(13)17(20)19-15(12)7-11/h5-10,18H,1-4H3,(H,19,20). The highest BCUT2D eigenvalue weighted by Crippen LogP contribution is 2.27. The van der Waals surface area contributed by atoms with Gasteiger partial charge in [0.25, 0.3) is 5.56 Å². The van der Waals surface area contributed by atoms with Gasteiger partial charge in [0.1, 0.15) is 5.52 Å². The molecule has 20 heavy (non-hydrogen) atoms. The summed E-state index contributed by atoms with van der Waals surface area (Å²) in [6, 6.07) is 8.45. The molecule has 2 aromatic heterocycles. The van der Waals surface area contributed by atoms with Crippen molar-refractivity contribution >= 4 is 21.8 Å². The first-order valence-electron chi connectivity index (χ1n) is 7.16. The van der Waals surface area contributed by atoms with Gasteiger partial charge in [0.2, 0.25) is 0 Å². The van der Waals surface area contributed by atoms with Gasteiger partial charge >= 0.3 is 0 Å². The first kappa shape index (κ1) is 13.0. The van der Waals surface area contributed by atoms with Gasteiger partial charge in [0.15, 0.2) is 0 Å². The van der Waals surface area contributed by atoms with Gasteiger partial charge in [-0.1, -0.05) is 39.8 Å². The Morgan fingerprint density at radius 2 is 1.65 bits per heavy atom. The first-order chi connectivity index (χ1) is 9.47. The van der Waals surface area contributed by atoms with Gasteiger partial charge in [0, 0.05) is 22.0 Å². The molecular weight excluding hydrogens is 248 g/mol. The Hall–Kier alpha value is -2.03. The molecule has 104 valence electrons. The van der Waals surface area contributed by atoms with Crippen molar-refractivity contribution in [3.63, 3.8) is 0 Å². The topological polar surface area (TPSA) is 48.6 Å². The minimum Gasteiger partial charge on any atom is -0.354 e. The summed E-state index contributed by atoms with van der Waals surface area (Å²) >= 11 is 0. The van der Waals surface area contributed by atoms with E-state index in [1.165, 1.54) is 5.56 Å². The zero-order valence-corrected chi connectivity index (χ0v) is 12.4. The third-order valence-corrected chi connectivity index (χ3v) is 3.94. The Bertz CT molecular complexity index is 837. The van der Waals surface area contributed by atoms with Crippen LogP contribution in [0, 0.1) is 0 Å². The summed E-state index contributed by atoms with van der Waals surface area (Å²) in [5.74, 6) is 0.836. The monoisotopic (exact) mass is 268 g/mol. The Morgan fingerprint density at radius 3 is 2.30 bits per heavy atom. The minimum absolute atomic E-state index is 0.0414. The van der Waals surface area contributed by atoms with E-state index in [2.05, 4.69) is 61.9 Å². The number of rotatable bonds is 2. The summed E-state index contributed by atoms with van der Waals surface area (Å²) in [5, 5.41) is 2.12. The molecule has 0 radical (unpaired) electrons. The van der Waals surface area contributed by atoms with E-state index in [0.29, 0.717) is 17.4 Å². The lowest BCUT2D eigenvalue weighted by atomic mass is 10.0. The zero-order valence-electron chi connectivity index (χ0n) is 12.4. The molecule has 0 spiro atoms. The molecule has 0 bridgehead atoms. The summed E-state index contributed by atoms with van der Waals surface area (Å²) in [6.07, 6.45) is 0. The Balaban J connectivity index is 2.38. The number of fused-ring (bicyclic) bond motifs is 3. The number of nitrogens with one attached hydrogen (secondary N) is 2. The number of hydrogen-bond donors (Lipinski definition) is 2. The summed E-state index contributed by atoms with van der Waals surface area (Å²) in [4.78, 5) is 18.5. The van der Waals surface area contributed by atoms with Crippen LogP contribution in [0.15, 0.2) is 29.1 Å². The van der Waals surface area contributed by atoms with Crippen LogP contribution < -0.4 is 5.56 Å². The average Bonchev–Trinajstić information content (AvgIpc) is 2.84. The summed E-state index contributed by atoms with van der Waals surface area (Å²) < 4.78 is 0. The minimum atomic E-state index is -0.0414. The number of aromatic amines is 2. The van der Waals surface area contributed by atoms with Crippen LogP contribution in [0.5, 0.6) is 0 Å². The lowest BCUT2D eigenvalue weighted by Gasteiger charge is -2.07. The van der Waals surface area contributed by atoms with Crippen molar-refractivity contribution in [3.05, 3.63) is 45.9 Å². The number of hydrogen-bond acceptors (Lipinski definition) is 1. The van der Waals surface area contributed by atoms with E-state index in [1.54, 1.807) is 0 Å². The third-order valence-electron chi connectivity index (χ3n) is 3.94. The fourth-order valence-electron chi connectivity index (χ4n) is 2.62. The lowest BCUT2D eigenvalue weighted by Crippen LogP contribution is -2.06. The molecule has 0 aliphatic heterocycles. The predicted molar refractivity (Wildman–Crippen MR) is 84.6 cm³/mol. The molecule has 3 aromatic rings. The molecule has 2 N–H and O–H groups in total. The number of H-pyrrole nitrogens is 2. The Labute approximate surface area is 118 Å². The summed E-state index contributed by atoms with van der Waals surface area (Å²) in [7, 11) is 0. The van der Waals surface area contributed by atoms with Crippen LogP contribution in [0.3, 0.4) is 0 Å². The molecule has 0 amide bonds. The molecule has 0 fully saturated rings. The van der Waals surface area contributed by atoms with Crippen molar-refractivity contribution in [3.8, 4) is 0 Å². The smallest absolute Gasteiger partial charge is 0.272 e. The fraction of sp³-hybridized carbons (Fsp3) is 0.353. The van der Waals surface area contributed by atoms with E-state index in [-0.39, 0.29) is 5.56 Å². The van der Waals surface area contributed by atoms with Crippen LogP contribution in [-0.2, 0) is 0 Å². The average molecular weight is 268 g/mol. The molecule has 0 atom stereocenters. The van der Waals surface area contributed by atoms with Crippen LogP contribution in [0.1, 0.15) is 50.8 Å². The van der Waals surface area contributed by atoms with Crippen molar-refractivity contribution in [1.29, 1.82) is 0 Å². The maximum absolute atomic E-state index is 12.2. The normalized spacial score (nSPS) is 12.1. The van der Waals surface area contributed by atoms with Gasteiger partial charge in [-0.15, -0.1) is 0 Å². The molecule has 3 rings (SSSR count). The molecule has 3 nitrogen and oxygen atoms in total. The molecule has 0 saturated heterocycles. The van der Waals surface area contributed by atoms with Gasteiger partial charge in [-0.3, -0.25) is 4.79 Å². The van der Waals surface area contributed by atoms with Crippen molar-refractivity contribution in [2.45, 2.75) is 39.5 Å². The fourth-order valence-corrected chi connectivity index (χ4v) is 2.62. The van der Waals surface area contributed by atoms with E-state index < -0.39 is 0 Å². The van der Waals surface area contributed by atoms with Gasteiger partial charge < -0.3 is 9.97 Å². The van der Waals surface area contributed by atoms with E-state index in [1.807, 2.05) is 0 Å². The maximum Gasteiger partial charge on any atom is 0.272 e. The van der Waals surface area contributed by atoms with Crippen molar-refractivity contribution in [1.82, 2.24) is 9.97 Å². The summed E-state index contributed by atoms with van der Waals surface area (Å²) in [6.45, 7) is 8.56. The quantitative estimate of drug-likeness (QED) is 0.717. The van der Waals surface area contributed by atoms with E-state index >= 15 is 0 Å². The van der Waals surface area contributed by atoms with Gasteiger partial charge in [-0.05, 0) is 29.5 Å². The molecular formula is C17H20N2O. The summed E-state index contributed by atoms with van der Waals surface area (Å²) in [5.41, 5.74) is 3.90. The van der Waals surface area contributed by atoms with Crippen molar-refractivity contribution < 1.29 is 0 Å². The number of aromatic nitrogens is 2. The highest BCUT2D eigenvalue weighted by atomic mass is 16.1. The van der Waals surface area contributed by atoms with Crippen LogP contribution in [-0.4, -0.2) is 9.97 Å². The molecule has 0 saturated carbocycles. The van der Waals surface area contributed by atoms with Crippen molar-refractivity contribution in [2.75, 3.05) is 0 Å². The predicted octanol–water partition coefficient (Wildman–Crippen LogP) is 4.26. The number of benzene rings is 1. The first-order valence-corrected chi connectivity index (χ1v) is 7.16. The SMILES string of the molecule is CC(C)c1ccc2c(c1)[nH]c(=O)c1[nH]c(C(C)C)cc12. The number of pyridine rings is 1. The van der Waals surface area contributed by atoms with E-state index in [4.69, 9.17) is 0 Å². The van der Waals surface area contributed by atoms with Gasteiger partial charge in [0.05, 0.1) is 0 Å². The highest BCUT2D eigenvalue weighted by molar-refractivity contribution is 6.04. The molecule has 3 heteroatoms. The molecule has 1 aromatic carbocycles. The van der Waals surface area contributed by atoms with Crippen LogP contribution in [0.25, 0.3) is 21.8 Å². The second-order valence-electron chi connectivity index (χ2n) is 6.08. The second kappa shape index (κ2) is 4.51. The molecule has 2 heterocycles. The molecule has 0 aliphatic rings. The van der Waals surface area contributed by atoms with Crippen LogP contribution in [0.4, 0.5) is 0 Å². The Kier molecular flexibility index (Phi) is 2.93. The molecule has 0 aliphatic carbocycles. The maximum atomic E-state index is 12.2. The third kappa shape index (κ3) is 1.94. The lowest BCUT2D eigenvalue weighted by molar-refractivity contribution is 0.836. The Morgan fingerprint density at radius 1 is 0.900 bits per heavy atom. The molecule has 0 unspecified atom stereocenters. The van der Waals surface area contributed by atoms with Gasteiger partial charge in [-0.2, -0.15) is 0 Å². The second-order valence-corrected chi connectivity index (χ2v) is 6.08. The van der Waals surface area contributed by atoms with E-state index in [9.17, 15) is 4.79 Å². The van der Waals surface area contributed by atoms with Gasteiger partial charge in [-0.25, -0.2) is 0 Å². The zero-order chi connectivity index (χ0) is 14.4. The van der Waals surface area contributed by atoms with Crippen molar-refractivity contribution in [2.24, 2.45) is 0 Å². The largest absolute Gasteiger partial charge is 0.354 e. The van der Waals surface area contributed by atoms with E-state index in [0.717, 1.165) is 22.0 Å².